The number of esters is 1. The van der Waals surface area contributed by atoms with Gasteiger partial charge in [-0.05, 0) is 29.6 Å². The van der Waals surface area contributed by atoms with Crippen molar-refractivity contribution in [1.29, 1.82) is 0 Å². The molecule has 0 saturated heterocycles. The van der Waals surface area contributed by atoms with Crippen molar-refractivity contribution in [2.75, 3.05) is 11.9 Å². The Hall–Kier alpha value is -2.78. The van der Waals surface area contributed by atoms with Gasteiger partial charge in [0.25, 0.3) is 5.91 Å². The van der Waals surface area contributed by atoms with Crippen LogP contribution in [-0.4, -0.2) is 28.6 Å². The van der Waals surface area contributed by atoms with E-state index in [2.05, 4.69) is 15.5 Å². The number of aromatic nitrogens is 2. The minimum atomic E-state index is -0.593. The lowest BCUT2D eigenvalue weighted by molar-refractivity contribution is -0.147. The molecule has 0 aliphatic rings. The van der Waals surface area contributed by atoms with Crippen molar-refractivity contribution in [1.82, 2.24) is 10.1 Å². The molecule has 0 atom stereocenters. The van der Waals surface area contributed by atoms with Crippen LogP contribution < -0.4 is 5.32 Å². The van der Waals surface area contributed by atoms with Gasteiger partial charge in [-0.1, -0.05) is 22.8 Å². The molecule has 0 aliphatic heterocycles. The molecule has 140 valence electrons. The number of benzene rings is 1. The minimum Gasteiger partial charge on any atom is -0.456 e. The number of anilines is 1. The van der Waals surface area contributed by atoms with Gasteiger partial charge in [0.1, 0.15) is 5.82 Å². The van der Waals surface area contributed by atoms with Crippen molar-refractivity contribution >= 4 is 40.5 Å². The van der Waals surface area contributed by atoms with Crippen LogP contribution in [0.4, 0.5) is 10.1 Å². The Morgan fingerprint density at radius 2 is 2.19 bits per heavy atom. The summed E-state index contributed by atoms with van der Waals surface area (Å²) in [7, 11) is 0. The van der Waals surface area contributed by atoms with Crippen LogP contribution in [0, 0.1) is 5.82 Å². The molecule has 1 aromatic carbocycles. The molecule has 0 radical (unpaired) electrons. The van der Waals surface area contributed by atoms with Crippen LogP contribution in [0.2, 0.25) is 5.02 Å². The highest BCUT2D eigenvalue weighted by atomic mass is 35.5. The van der Waals surface area contributed by atoms with Gasteiger partial charge in [-0.15, -0.1) is 11.3 Å². The summed E-state index contributed by atoms with van der Waals surface area (Å²) in [6, 6.07) is 7.47. The highest BCUT2D eigenvalue weighted by Crippen LogP contribution is 2.21. The highest BCUT2D eigenvalue weighted by molar-refractivity contribution is 7.13. The zero-order chi connectivity index (χ0) is 19.2. The maximum absolute atomic E-state index is 13.1. The number of halogens is 2. The number of thiophene rings is 1. The predicted molar refractivity (Wildman–Crippen MR) is 96.9 cm³/mol. The Morgan fingerprint density at radius 3 is 2.93 bits per heavy atom. The maximum Gasteiger partial charge on any atom is 0.306 e. The molecule has 3 aromatic rings. The first-order valence-corrected chi connectivity index (χ1v) is 9.04. The minimum absolute atomic E-state index is 0.0122. The summed E-state index contributed by atoms with van der Waals surface area (Å²) in [6.45, 7) is -0.474. The molecule has 10 heteroatoms. The fraction of sp³-hybridized carbons (Fsp3) is 0.176. The molecule has 0 spiro atoms. The van der Waals surface area contributed by atoms with Gasteiger partial charge < -0.3 is 14.6 Å². The number of amides is 1. The van der Waals surface area contributed by atoms with Gasteiger partial charge in [-0.25, -0.2) is 4.39 Å². The number of carbonyl (C=O) groups excluding carboxylic acids is 2. The molecule has 0 bridgehead atoms. The van der Waals surface area contributed by atoms with Crippen LogP contribution in [0.15, 0.2) is 40.2 Å². The van der Waals surface area contributed by atoms with Crippen LogP contribution >= 0.6 is 22.9 Å². The molecule has 0 unspecified atom stereocenters. The van der Waals surface area contributed by atoms with Gasteiger partial charge in [-0.2, -0.15) is 4.98 Å². The van der Waals surface area contributed by atoms with E-state index in [4.69, 9.17) is 20.9 Å². The summed E-state index contributed by atoms with van der Waals surface area (Å²) < 4.78 is 23.0. The third-order valence-electron chi connectivity index (χ3n) is 3.32. The third-order valence-corrected chi connectivity index (χ3v) is 4.48. The van der Waals surface area contributed by atoms with Gasteiger partial charge in [0.2, 0.25) is 11.7 Å². The Balaban J connectivity index is 1.41. The molecular formula is C17H13ClFN3O4S. The molecule has 27 heavy (non-hydrogen) atoms. The zero-order valence-electron chi connectivity index (χ0n) is 13.8. The monoisotopic (exact) mass is 409 g/mol. The molecule has 1 amide bonds. The lowest BCUT2D eigenvalue weighted by Gasteiger charge is -2.06. The molecule has 0 fully saturated rings. The summed E-state index contributed by atoms with van der Waals surface area (Å²) in [5, 5.41) is 8.07. The van der Waals surface area contributed by atoms with Gasteiger partial charge >= 0.3 is 5.97 Å². The summed E-state index contributed by atoms with van der Waals surface area (Å²) in [6.07, 6.45) is 0.189. The van der Waals surface area contributed by atoms with Crippen LogP contribution in [0.5, 0.6) is 0 Å². The second-order valence-electron chi connectivity index (χ2n) is 5.33. The standard InChI is InChI=1S/C17H13ClFN3O4S/c18-11-8-10(3-4-12(11)19)20-14(23)9-25-16(24)6-5-15-21-17(22-26-15)13-2-1-7-27-13/h1-4,7-8H,5-6,9H2,(H,20,23). The average molecular weight is 410 g/mol. The van der Waals surface area contributed by atoms with E-state index < -0.39 is 24.3 Å². The van der Waals surface area contributed by atoms with Crippen molar-refractivity contribution in [3.63, 3.8) is 0 Å². The average Bonchev–Trinajstić information content (AvgIpc) is 3.32. The molecule has 3 rings (SSSR count). The summed E-state index contributed by atoms with van der Waals surface area (Å²) in [5.41, 5.74) is 0.300. The Labute approximate surface area is 162 Å². The fourth-order valence-corrected chi connectivity index (χ4v) is 2.89. The first-order chi connectivity index (χ1) is 13.0. The van der Waals surface area contributed by atoms with Crippen LogP contribution in [0.1, 0.15) is 12.3 Å². The van der Waals surface area contributed by atoms with Gasteiger partial charge in [0.05, 0.1) is 16.3 Å². The summed E-state index contributed by atoms with van der Waals surface area (Å²) in [4.78, 5) is 28.6. The van der Waals surface area contributed by atoms with E-state index in [1.165, 1.54) is 23.5 Å². The molecule has 1 N–H and O–H groups in total. The third kappa shape index (κ3) is 5.35. The topological polar surface area (TPSA) is 94.3 Å². The number of ether oxygens (including phenoxy) is 1. The number of carbonyl (C=O) groups is 2. The van der Waals surface area contributed by atoms with Gasteiger partial charge in [0.15, 0.2) is 6.61 Å². The van der Waals surface area contributed by atoms with E-state index in [-0.39, 0.29) is 17.9 Å². The van der Waals surface area contributed by atoms with Gasteiger partial charge in [-0.3, -0.25) is 9.59 Å². The van der Waals surface area contributed by atoms with Crippen molar-refractivity contribution < 1.29 is 23.2 Å². The highest BCUT2D eigenvalue weighted by Gasteiger charge is 2.13. The van der Waals surface area contributed by atoms with Gasteiger partial charge in [0, 0.05) is 12.1 Å². The Kier molecular flexibility index (Phi) is 6.15. The maximum atomic E-state index is 13.1. The van der Waals surface area contributed by atoms with E-state index in [0.717, 1.165) is 10.9 Å². The second-order valence-corrected chi connectivity index (χ2v) is 6.68. The fourth-order valence-electron chi connectivity index (χ4n) is 2.06. The predicted octanol–water partition coefficient (Wildman–Crippen LogP) is 3.71. The molecule has 2 heterocycles. The SMILES string of the molecule is O=C(COC(=O)CCc1nc(-c2cccs2)no1)Nc1ccc(F)c(Cl)c1. The largest absolute Gasteiger partial charge is 0.456 e. The number of nitrogens with zero attached hydrogens (tertiary/aromatic N) is 2. The Bertz CT molecular complexity index is 946. The summed E-state index contributed by atoms with van der Waals surface area (Å²) >= 11 is 7.10. The quantitative estimate of drug-likeness (QED) is 0.598. The van der Waals surface area contributed by atoms with Crippen LogP contribution in [0.3, 0.4) is 0 Å². The zero-order valence-corrected chi connectivity index (χ0v) is 15.3. The first-order valence-electron chi connectivity index (χ1n) is 7.78. The molecule has 0 saturated carbocycles. The number of hydrogen-bond acceptors (Lipinski definition) is 7. The molecule has 7 nitrogen and oxygen atoms in total. The van der Waals surface area contributed by atoms with E-state index in [1.54, 1.807) is 0 Å². The van der Waals surface area contributed by atoms with E-state index in [0.29, 0.717) is 17.4 Å². The molecular weight excluding hydrogens is 397 g/mol. The smallest absolute Gasteiger partial charge is 0.306 e. The van der Waals surface area contributed by atoms with Crippen molar-refractivity contribution in [2.45, 2.75) is 12.8 Å². The molecule has 0 aliphatic carbocycles. The van der Waals surface area contributed by atoms with Crippen molar-refractivity contribution in [3.8, 4) is 10.7 Å². The number of aryl methyl sites for hydroxylation is 1. The Morgan fingerprint density at radius 1 is 1.33 bits per heavy atom. The van der Waals surface area contributed by atoms with E-state index in [1.807, 2.05) is 17.5 Å². The number of rotatable bonds is 7. The second kappa shape index (κ2) is 8.74. The van der Waals surface area contributed by atoms with Crippen LogP contribution in [0.25, 0.3) is 10.7 Å². The number of hydrogen-bond donors (Lipinski definition) is 1. The van der Waals surface area contributed by atoms with E-state index in [9.17, 15) is 14.0 Å². The number of nitrogens with one attached hydrogen (secondary N) is 1. The van der Waals surface area contributed by atoms with Crippen molar-refractivity contribution in [3.05, 3.63) is 52.4 Å². The van der Waals surface area contributed by atoms with E-state index >= 15 is 0 Å². The van der Waals surface area contributed by atoms with Crippen LogP contribution in [-0.2, 0) is 20.7 Å². The first kappa shape index (κ1) is 19.0. The molecule has 2 aromatic heterocycles. The van der Waals surface area contributed by atoms with Crippen molar-refractivity contribution in [2.24, 2.45) is 0 Å². The normalized spacial score (nSPS) is 10.6. The summed E-state index contributed by atoms with van der Waals surface area (Å²) in [5.74, 6) is -0.974. The lowest BCUT2D eigenvalue weighted by Crippen LogP contribution is -2.21. The lowest BCUT2D eigenvalue weighted by atomic mass is 10.3.